The maximum Gasteiger partial charge on any atom is 0.0423 e. The van der Waals surface area contributed by atoms with Crippen LogP contribution in [0.25, 0.3) is 0 Å². The van der Waals surface area contributed by atoms with Crippen LogP contribution in [0.15, 0.2) is 18.2 Å². The Morgan fingerprint density at radius 1 is 0.684 bits per heavy atom. The molecule has 0 atom stereocenters. The molecule has 0 heterocycles. The summed E-state index contributed by atoms with van der Waals surface area (Å²) in [7, 11) is 0. The van der Waals surface area contributed by atoms with Crippen LogP contribution < -0.4 is 5.73 Å². The summed E-state index contributed by atoms with van der Waals surface area (Å²) in [5.74, 6) is 0. The summed E-state index contributed by atoms with van der Waals surface area (Å²) >= 11 is 12.0. The number of halogens is 2. The second-order valence-electron chi connectivity index (χ2n) is 5.14. The van der Waals surface area contributed by atoms with Crippen LogP contribution in [0.1, 0.15) is 56.9 Å². The Bertz CT molecular complexity index is 332. The molecule has 0 aliphatic rings. The lowest BCUT2D eigenvalue weighted by Gasteiger charge is -2.04. The molecule has 1 aromatic carbocycles. The summed E-state index contributed by atoms with van der Waals surface area (Å²) in [5.41, 5.74) is 6.72. The van der Waals surface area contributed by atoms with E-state index in [1.807, 2.05) is 12.1 Å². The fourth-order valence-corrected chi connectivity index (χ4v) is 2.86. The third kappa shape index (κ3) is 8.52. The number of hydrogen-bond acceptors (Lipinski definition) is 1. The van der Waals surface area contributed by atoms with Crippen molar-refractivity contribution in [3.63, 3.8) is 0 Å². The van der Waals surface area contributed by atoms with Crippen molar-refractivity contribution >= 4 is 23.2 Å². The number of benzene rings is 1. The van der Waals surface area contributed by atoms with E-state index in [1.165, 1.54) is 56.9 Å². The Labute approximate surface area is 127 Å². The Morgan fingerprint density at radius 2 is 1.16 bits per heavy atom. The molecule has 0 saturated heterocycles. The first kappa shape index (κ1) is 16.8. The van der Waals surface area contributed by atoms with E-state index in [-0.39, 0.29) is 0 Å². The van der Waals surface area contributed by atoms with Crippen molar-refractivity contribution in [3.8, 4) is 0 Å². The van der Waals surface area contributed by atoms with E-state index in [0.29, 0.717) is 0 Å². The molecule has 0 aliphatic heterocycles. The predicted octanol–water partition coefficient (Wildman–Crippen LogP) is 5.62. The van der Waals surface area contributed by atoms with Gasteiger partial charge in [0.15, 0.2) is 0 Å². The summed E-state index contributed by atoms with van der Waals surface area (Å²) in [4.78, 5) is 0. The third-order valence-corrected chi connectivity index (χ3v) is 3.78. The number of aryl methyl sites for hydroxylation is 1. The molecule has 0 aliphatic carbocycles. The van der Waals surface area contributed by atoms with E-state index in [1.54, 1.807) is 6.07 Å². The van der Waals surface area contributed by atoms with E-state index in [0.717, 1.165) is 23.0 Å². The molecule has 0 aromatic heterocycles. The minimum atomic E-state index is 0.738. The molecule has 0 spiro atoms. The molecule has 0 bridgehead atoms. The van der Waals surface area contributed by atoms with Gasteiger partial charge in [-0.05, 0) is 49.6 Å². The SMILES string of the molecule is NCCCCCCCCCCc1cc(Cl)cc(Cl)c1. The van der Waals surface area contributed by atoms with Crippen molar-refractivity contribution in [2.24, 2.45) is 5.73 Å². The first-order valence-corrected chi connectivity index (χ1v) is 8.13. The molecule has 1 aromatic rings. The van der Waals surface area contributed by atoms with E-state index in [2.05, 4.69) is 0 Å². The molecule has 1 nitrogen and oxygen atoms in total. The normalized spacial score (nSPS) is 10.9. The van der Waals surface area contributed by atoms with Gasteiger partial charge in [0.2, 0.25) is 0 Å². The predicted molar refractivity (Wildman–Crippen MR) is 86.2 cm³/mol. The Morgan fingerprint density at radius 3 is 1.68 bits per heavy atom. The van der Waals surface area contributed by atoms with Gasteiger partial charge in [-0.2, -0.15) is 0 Å². The number of unbranched alkanes of at least 4 members (excludes halogenated alkanes) is 7. The van der Waals surface area contributed by atoms with Gasteiger partial charge in [-0.15, -0.1) is 0 Å². The topological polar surface area (TPSA) is 26.0 Å². The number of nitrogens with two attached hydrogens (primary N) is 1. The second-order valence-corrected chi connectivity index (χ2v) is 6.02. The molecule has 3 heteroatoms. The molecule has 0 saturated carbocycles. The minimum absolute atomic E-state index is 0.738. The van der Waals surface area contributed by atoms with E-state index in [4.69, 9.17) is 28.9 Å². The highest BCUT2D eigenvalue weighted by atomic mass is 35.5. The van der Waals surface area contributed by atoms with E-state index in [9.17, 15) is 0 Å². The van der Waals surface area contributed by atoms with Gasteiger partial charge >= 0.3 is 0 Å². The van der Waals surface area contributed by atoms with Crippen LogP contribution in [0.3, 0.4) is 0 Å². The van der Waals surface area contributed by atoms with Gasteiger partial charge < -0.3 is 5.73 Å². The first-order chi connectivity index (χ1) is 9.22. The van der Waals surface area contributed by atoms with Crippen LogP contribution in [-0.4, -0.2) is 6.54 Å². The molecule has 0 fully saturated rings. The lowest BCUT2D eigenvalue weighted by molar-refractivity contribution is 0.570. The zero-order valence-electron chi connectivity index (χ0n) is 11.6. The van der Waals surface area contributed by atoms with Gasteiger partial charge in [-0.25, -0.2) is 0 Å². The van der Waals surface area contributed by atoms with Crippen molar-refractivity contribution < 1.29 is 0 Å². The maximum atomic E-state index is 5.98. The third-order valence-electron chi connectivity index (χ3n) is 3.34. The molecular formula is C16H25Cl2N. The van der Waals surface area contributed by atoms with Gasteiger partial charge in [-0.1, -0.05) is 61.7 Å². The molecule has 2 N–H and O–H groups in total. The lowest BCUT2D eigenvalue weighted by Crippen LogP contribution is -1.97. The van der Waals surface area contributed by atoms with E-state index < -0.39 is 0 Å². The van der Waals surface area contributed by atoms with Crippen LogP contribution in [0, 0.1) is 0 Å². The summed E-state index contributed by atoms with van der Waals surface area (Å²) in [5, 5.41) is 1.48. The van der Waals surface area contributed by atoms with Crippen LogP contribution in [0.2, 0.25) is 10.0 Å². The quantitative estimate of drug-likeness (QED) is 0.558. The van der Waals surface area contributed by atoms with Crippen molar-refractivity contribution in [2.45, 2.75) is 57.8 Å². The zero-order valence-corrected chi connectivity index (χ0v) is 13.1. The van der Waals surface area contributed by atoms with Gasteiger partial charge in [0, 0.05) is 10.0 Å². The minimum Gasteiger partial charge on any atom is -0.330 e. The molecule has 0 radical (unpaired) electrons. The highest BCUT2D eigenvalue weighted by Crippen LogP contribution is 2.20. The highest BCUT2D eigenvalue weighted by Gasteiger charge is 1.98. The first-order valence-electron chi connectivity index (χ1n) is 7.37. The van der Waals surface area contributed by atoms with Crippen LogP contribution in [0.4, 0.5) is 0 Å². The van der Waals surface area contributed by atoms with Crippen molar-refractivity contribution in [1.29, 1.82) is 0 Å². The van der Waals surface area contributed by atoms with Gasteiger partial charge in [-0.3, -0.25) is 0 Å². The van der Waals surface area contributed by atoms with Crippen molar-refractivity contribution in [3.05, 3.63) is 33.8 Å². The fourth-order valence-electron chi connectivity index (χ4n) is 2.29. The fraction of sp³-hybridized carbons (Fsp3) is 0.625. The molecule has 108 valence electrons. The average molecular weight is 302 g/mol. The van der Waals surface area contributed by atoms with Gasteiger partial charge in [0.1, 0.15) is 0 Å². The van der Waals surface area contributed by atoms with Crippen molar-refractivity contribution in [1.82, 2.24) is 0 Å². The smallest absolute Gasteiger partial charge is 0.0423 e. The lowest BCUT2D eigenvalue weighted by atomic mass is 10.0. The Balaban J connectivity index is 2.01. The standard InChI is InChI=1S/C16H25Cl2N/c17-15-11-14(12-16(18)13-15)9-7-5-3-1-2-4-6-8-10-19/h11-13H,1-10,19H2. The summed E-state index contributed by atoms with van der Waals surface area (Å²) in [6.45, 7) is 0.836. The summed E-state index contributed by atoms with van der Waals surface area (Å²) < 4.78 is 0. The summed E-state index contributed by atoms with van der Waals surface area (Å²) in [6, 6.07) is 5.81. The number of hydrogen-bond donors (Lipinski definition) is 1. The molecule has 1 rings (SSSR count). The Kier molecular flexibility index (Phi) is 9.32. The molecule has 0 unspecified atom stereocenters. The largest absolute Gasteiger partial charge is 0.330 e. The maximum absolute atomic E-state index is 5.98. The average Bonchev–Trinajstić information content (AvgIpc) is 2.36. The van der Waals surface area contributed by atoms with Gasteiger partial charge in [0.25, 0.3) is 0 Å². The van der Waals surface area contributed by atoms with Crippen molar-refractivity contribution in [2.75, 3.05) is 6.54 Å². The summed E-state index contributed by atoms with van der Waals surface area (Å²) in [6.07, 6.45) is 11.4. The van der Waals surface area contributed by atoms with Crippen LogP contribution >= 0.6 is 23.2 Å². The molecular weight excluding hydrogens is 277 g/mol. The highest BCUT2D eigenvalue weighted by molar-refractivity contribution is 6.34. The number of rotatable bonds is 10. The second kappa shape index (κ2) is 10.5. The van der Waals surface area contributed by atoms with Crippen LogP contribution in [-0.2, 0) is 6.42 Å². The molecule has 0 amide bonds. The van der Waals surface area contributed by atoms with E-state index >= 15 is 0 Å². The molecule has 19 heavy (non-hydrogen) atoms. The van der Waals surface area contributed by atoms with Gasteiger partial charge in [0.05, 0.1) is 0 Å². The Hall–Kier alpha value is -0.240. The monoisotopic (exact) mass is 301 g/mol. The van der Waals surface area contributed by atoms with Crippen LogP contribution in [0.5, 0.6) is 0 Å². The zero-order chi connectivity index (χ0) is 13.9.